The maximum Gasteiger partial charge on any atom is 0.404 e. The van der Waals surface area contributed by atoms with Gasteiger partial charge in [-0.3, -0.25) is 0 Å². The average molecular weight is 323 g/mol. The van der Waals surface area contributed by atoms with E-state index in [4.69, 9.17) is 21.4 Å². The van der Waals surface area contributed by atoms with Crippen molar-refractivity contribution in [2.45, 2.75) is 12.2 Å². The van der Waals surface area contributed by atoms with Crippen LogP contribution < -0.4 is 10.1 Å². The van der Waals surface area contributed by atoms with Crippen molar-refractivity contribution in [3.05, 3.63) is 27.2 Å². The number of carbonyl (C=O) groups is 1. The van der Waals surface area contributed by atoms with E-state index in [0.29, 0.717) is 16.3 Å². The number of rotatable bonds is 2. The molecule has 2 atom stereocenters. The molecule has 2 rings (SSSR count). The molecule has 0 radical (unpaired) electrons. The molecule has 0 aliphatic carbocycles. The summed E-state index contributed by atoms with van der Waals surface area (Å²) in [4.78, 5) is 10.4. The van der Waals surface area contributed by atoms with E-state index >= 15 is 0 Å². The minimum Gasteiger partial charge on any atom is -0.484 e. The lowest BCUT2D eigenvalue weighted by Crippen LogP contribution is -2.35. The molecule has 1 aromatic rings. The molecule has 0 saturated heterocycles. The Balaban J connectivity index is 2.20. The first-order chi connectivity index (χ1) is 7.99. The molecule has 0 aromatic heterocycles. The molecule has 1 aliphatic heterocycles. The van der Waals surface area contributed by atoms with Crippen LogP contribution in [0.4, 0.5) is 4.79 Å². The Morgan fingerprint density at radius 3 is 2.94 bits per heavy atom. The lowest BCUT2D eigenvalue weighted by Gasteiger charge is -2.13. The summed E-state index contributed by atoms with van der Waals surface area (Å²) in [6.07, 6.45) is -2.72. The minimum absolute atomic E-state index is 0.000865. The normalized spacial score (nSPS) is 21.8. The van der Waals surface area contributed by atoms with Crippen LogP contribution in [0.1, 0.15) is 11.7 Å². The molecule has 1 heterocycles. The van der Waals surface area contributed by atoms with Crippen molar-refractivity contribution in [1.29, 1.82) is 0 Å². The highest BCUT2D eigenvalue weighted by molar-refractivity contribution is 9.10. The van der Waals surface area contributed by atoms with Gasteiger partial charge in [0, 0.05) is 10.0 Å². The van der Waals surface area contributed by atoms with Crippen molar-refractivity contribution in [2.24, 2.45) is 0 Å². The van der Waals surface area contributed by atoms with E-state index in [1.165, 1.54) is 0 Å². The molecular formula is C10H9BrClNO4. The summed E-state index contributed by atoms with van der Waals surface area (Å²) in [6.45, 7) is -0.000865. The Labute approximate surface area is 110 Å². The number of nitrogens with one attached hydrogen (secondary N) is 1. The Hall–Kier alpha value is -0.980. The van der Waals surface area contributed by atoms with Crippen LogP contribution >= 0.6 is 27.5 Å². The van der Waals surface area contributed by atoms with Crippen LogP contribution in [0.25, 0.3) is 0 Å². The number of benzene rings is 1. The van der Waals surface area contributed by atoms with Gasteiger partial charge in [0.1, 0.15) is 18.0 Å². The Morgan fingerprint density at radius 2 is 2.29 bits per heavy atom. The quantitative estimate of drug-likeness (QED) is 0.779. The van der Waals surface area contributed by atoms with E-state index in [9.17, 15) is 9.90 Å². The van der Waals surface area contributed by atoms with Gasteiger partial charge in [-0.25, -0.2) is 4.79 Å². The summed E-state index contributed by atoms with van der Waals surface area (Å²) in [5, 5.41) is 21.0. The molecule has 1 aliphatic rings. The first kappa shape index (κ1) is 12.5. The molecule has 1 aromatic carbocycles. The number of hydrogen-bond acceptors (Lipinski definition) is 3. The zero-order valence-corrected chi connectivity index (χ0v) is 10.8. The summed E-state index contributed by atoms with van der Waals surface area (Å²) < 4.78 is 6.16. The number of fused-ring (bicyclic) bond motifs is 1. The van der Waals surface area contributed by atoms with Crippen molar-refractivity contribution in [3.63, 3.8) is 0 Å². The first-order valence-corrected chi connectivity index (χ1v) is 5.96. The van der Waals surface area contributed by atoms with E-state index in [2.05, 4.69) is 21.2 Å². The van der Waals surface area contributed by atoms with Crippen LogP contribution in [-0.2, 0) is 0 Å². The molecular weight excluding hydrogens is 313 g/mol. The fourth-order valence-electron chi connectivity index (χ4n) is 1.68. The van der Waals surface area contributed by atoms with E-state index in [-0.39, 0.29) is 6.54 Å². The third-order valence-electron chi connectivity index (χ3n) is 2.43. The topological polar surface area (TPSA) is 78.8 Å². The van der Waals surface area contributed by atoms with Crippen LogP contribution in [0, 0.1) is 0 Å². The SMILES string of the molecule is O=C(O)NCC1Oc2c(Cl)cc(Br)cc2C1O. The number of aliphatic hydroxyl groups is 1. The summed E-state index contributed by atoms with van der Waals surface area (Å²) in [5.74, 6) is 0.402. The van der Waals surface area contributed by atoms with E-state index in [0.717, 1.165) is 4.47 Å². The van der Waals surface area contributed by atoms with Crippen molar-refractivity contribution in [3.8, 4) is 5.75 Å². The van der Waals surface area contributed by atoms with Gasteiger partial charge in [0.2, 0.25) is 0 Å². The highest BCUT2D eigenvalue weighted by Gasteiger charge is 2.34. The molecule has 7 heteroatoms. The second kappa shape index (κ2) is 4.72. The van der Waals surface area contributed by atoms with Crippen LogP contribution in [0.3, 0.4) is 0 Å². The smallest absolute Gasteiger partial charge is 0.404 e. The van der Waals surface area contributed by atoms with Crippen LogP contribution in [0.2, 0.25) is 5.02 Å². The molecule has 5 nitrogen and oxygen atoms in total. The number of aliphatic hydroxyl groups excluding tert-OH is 1. The van der Waals surface area contributed by atoms with Crippen molar-refractivity contribution in [1.82, 2.24) is 5.32 Å². The molecule has 0 fully saturated rings. The van der Waals surface area contributed by atoms with Gasteiger partial charge in [0.15, 0.2) is 0 Å². The lowest BCUT2D eigenvalue weighted by molar-refractivity contribution is 0.0673. The van der Waals surface area contributed by atoms with Gasteiger partial charge in [0.05, 0.1) is 11.6 Å². The number of hydrogen-bond donors (Lipinski definition) is 3. The Morgan fingerprint density at radius 1 is 1.59 bits per heavy atom. The standard InChI is InChI=1S/C10H9BrClNO4/c11-4-1-5-8(14)7(3-13-10(15)16)17-9(5)6(12)2-4/h1-2,7-8,13-14H,3H2,(H,15,16). The van der Waals surface area contributed by atoms with Gasteiger partial charge in [-0.2, -0.15) is 0 Å². The third kappa shape index (κ3) is 2.48. The van der Waals surface area contributed by atoms with Gasteiger partial charge in [-0.15, -0.1) is 0 Å². The molecule has 1 amide bonds. The number of carboxylic acid groups (broad SMARTS) is 1. The number of amides is 1. The summed E-state index contributed by atoms with van der Waals surface area (Å²) in [5.41, 5.74) is 0.557. The summed E-state index contributed by atoms with van der Waals surface area (Å²) >= 11 is 9.23. The summed E-state index contributed by atoms with van der Waals surface area (Å²) in [6, 6.07) is 3.35. The minimum atomic E-state index is -1.16. The number of ether oxygens (including phenoxy) is 1. The summed E-state index contributed by atoms with van der Waals surface area (Å²) in [7, 11) is 0. The van der Waals surface area contributed by atoms with Gasteiger partial charge >= 0.3 is 6.09 Å². The third-order valence-corrected chi connectivity index (χ3v) is 3.17. The first-order valence-electron chi connectivity index (χ1n) is 4.79. The molecule has 3 N–H and O–H groups in total. The largest absolute Gasteiger partial charge is 0.484 e. The van der Waals surface area contributed by atoms with Gasteiger partial charge in [0.25, 0.3) is 0 Å². The number of halogens is 2. The molecule has 0 spiro atoms. The second-order valence-corrected chi connectivity index (χ2v) is 4.92. The molecule has 0 saturated carbocycles. The fraction of sp³-hybridized carbons (Fsp3) is 0.300. The second-order valence-electron chi connectivity index (χ2n) is 3.59. The predicted octanol–water partition coefficient (Wildman–Crippen LogP) is 2.16. The zero-order chi connectivity index (χ0) is 12.6. The molecule has 17 heavy (non-hydrogen) atoms. The Bertz CT molecular complexity index is 468. The predicted molar refractivity (Wildman–Crippen MR) is 64.6 cm³/mol. The monoisotopic (exact) mass is 321 g/mol. The highest BCUT2D eigenvalue weighted by Crippen LogP contribution is 2.43. The fourth-order valence-corrected chi connectivity index (χ4v) is 2.56. The van der Waals surface area contributed by atoms with Gasteiger partial charge in [-0.05, 0) is 12.1 Å². The van der Waals surface area contributed by atoms with E-state index < -0.39 is 18.3 Å². The van der Waals surface area contributed by atoms with Crippen molar-refractivity contribution >= 4 is 33.6 Å². The molecule has 92 valence electrons. The maximum atomic E-state index is 10.4. The van der Waals surface area contributed by atoms with Crippen LogP contribution in [0.15, 0.2) is 16.6 Å². The van der Waals surface area contributed by atoms with E-state index in [1.807, 2.05) is 0 Å². The van der Waals surface area contributed by atoms with Crippen LogP contribution in [0.5, 0.6) is 5.75 Å². The maximum absolute atomic E-state index is 10.4. The molecule has 2 unspecified atom stereocenters. The highest BCUT2D eigenvalue weighted by atomic mass is 79.9. The zero-order valence-electron chi connectivity index (χ0n) is 8.48. The molecule has 0 bridgehead atoms. The van der Waals surface area contributed by atoms with Crippen molar-refractivity contribution < 1.29 is 19.7 Å². The average Bonchev–Trinajstić information content (AvgIpc) is 2.54. The van der Waals surface area contributed by atoms with Crippen molar-refractivity contribution in [2.75, 3.05) is 6.54 Å². The van der Waals surface area contributed by atoms with Crippen LogP contribution in [-0.4, -0.2) is 29.0 Å². The lowest BCUT2D eigenvalue weighted by atomic mass is 10.1. The van der Waals surface area contributed by atoms with E-state index in [1.54, 1.807) is 12.1 Å². The van der Waals surface area contributed by atoms with Gasteiger partial charge in [-0.1, -0.05) is 27.5 Å². The Kier molecular flexibility index (Phi) is 3.46. The van der Waals surface area contributed by atoms with Gasteiger partial charge < -0.3 is 20.3 Å².